The topological polar surface area (TPSA) is 89.0 Å². The second-order valence-electron chi connectivity index (χ2n) is 9.10. The van der Waals surface area contributed by atoms with E-state index in [-0.39, 0.29) is 29.4 Å². The number of fused-ring (bicyclic) bond motifs is 1. The SMILES string of the molecule is CCc1ccc2nc(N(CCCN3CCOCC3)C(=O)CCCS(=O)(=O)c3ccc(OC)cc3)sc2c1. The van der Waals surface area contributed by atoms with Gasteiger partial charge in [0.15, 0.2) is 15.0 Å². The van der Waals surface area contributed by atoms with Crippen LogP contribution in [0.25, 0.3) is 10.2 Å². The highest BCUT2D eigenvalue weighted by atomic mass is 32.2. The van der Waals surface area contributed by atoms with Gasteiger partial charge in [0.1, 0.15) is 5.75 Å². The number of aryl methyl sites for hydroxylation is 1. The van der Waals surface area contributed by atoms with E-state index in [0.717, 1.165) is 55.9 Å². The lowest BCUT2D eigenvalue weighted by Crippen LogP contribution is -2.39. The normalized spacial score (nSPS) is 14.6. The molecule has 2 aromatic carbocycles. The summed E-state index contributed by atoms with van der Waals surface area (Å²) in [5.74, 6) is 0.414. The summed E-state index contributed by atoms with van der Waals surface area (Å²) in [6.45, 7) is 6.82. The number of benzene rings is 2. The summed E-state index contributed by atoms with van der Waals surface area (Å²) in [6.07, 6.45) is 2.14. The molecule has 0 bridgehead atoms. The van der Waals surface area contributed by atoms with Gasteiger partial charge < -0.3 is 9.47 Å². The molecule has 1 aliphatic rings. The number of methoxy groups -OCH3 is 1. The second kappa shape index (κ2) is 12.8. The Balaban J connectivity index is 1.43. The standard InChI is InChI=1S/C27H35N3O5S2/c1-3-21-7-12-24-25(20-21)36-27(28-24)30(14-5-13-29-15-17-35-18-16-29)26(31)6-4-19-37(32,33)23-10-8-22(34-2)9-11-23/h7-12,20H,3-6,13-19H2,1-2H3. The van der Waals surface area contributed by atoms with E-state index in [0.29, 0.717) is 17.4 Å². The lowest BCUT2D eigenvalue weighted by molar-refractivity contribution is -0.118. The molecule has 2 heterocycles. The molecule has 1 aliphatic heterocycles. The summed E-state index contributed by atoms with van der Waals surface area (Å²) in [4.78, 5) is 22.5. The number of amides is 1. The van der Waals surface area contributed by atoms with Gasteiger partial charge in [0.2, 0.25) is 5.91 Å². The number of carbonyl (C=O) groups is 1. The van der Waals surface area contributed by atoms with Gasteiger partial charge in [-0.3, -0.25) is 14.6 Å². The number of hydrogen-bond donors (Lipinski definition) is 0. The van der Waals surface area contributed by atoms with Crippen molar-refractivity contribution in [2.24, 2.45) is 0 Å². The van der Waals surface area contributed by atoms with E-state index in [1.54, 1.807) is 29.2 Å². The van der Waals surface area contributed by atoms with Crippen molar-refractivity contribution in [1.29, 1.82) is 0 Å². The average molecular weight is 546 g/mol. The van der Waals surface area contributed by atoms with Gasteiger partial charge in [-0.15, -0.1) is 0 Å². The van der Waals surface area contributed by atoms with Crippen molar-refractivity contribution in [2.45, 2.75) is 37.5 Å². The van der Waals surface area contributed by atoms with Crippen molar-refractivity contribution < 1.29 is 22.7 Å². The Bertz CT molecular complexity index is 1290. The number of rotatable bonds is 12. The molecular formula is C27H35N3O5S2. The smallest absolute Gasteiger partial charge is 0.228 e. The van der Waals surface area contributed by atoms with Crippen LogP contribution in [0.4, 0.5) is 5.13 Å². The molecule has 0 aliphatic carbocycles. The quantitative estimate of drug-likeness (QED) is 0.337. The largest absolute Gasteiger partial charge is 0.497 e. The van der Waals surface area contributed by atoms with E-state index in [1.165, 1.54) is 24.0 Å². The maximum atomic E-state index is 13.4. The molecule has 0 radical (unpaired) electrons. The molecule has 10 heteroatoms. The first kappa shape index (κ1) is 27.5. The second-order valence-corrected chi connectivity index (χ2v) is 12.2. The van der Waals surface area contributed by atoms with Crippen LogP contribution < -0.4 is 9.64 Å². The Morgan fingerprint density at radius 1 is 1.14 bits per heavy atom. The highest BCUT2D eigenvalue weighted by molar-refractivity contribution is 7.91. The number of aromatic nitrogens is 1. The molecule has 0 spiro atoms. The van der Waals surface area contributed by atoms with Crippen LogP contribution in [0, 0.1) is 0 Å². The predicted molar refractivity (Wildman–Crippen MR) is 148 cm³/mol. The molecule has 1 fully saturated rings. The molecule has 1 saturated heterocycles. The van der Waals surface area contributed by atoms with Crippen LogP contribution in [-0.2, 0) is 25.8 Å². The summed E-state index contributed by atoms with van der Waals surface area (Å²) >= 11 is 1.52. The van der Waals surface area contributed by atoms with E-state index < -0.39 is 9.84 Å². The molecule has 1 amide bonds. The molecule has 8 nitrogen and oxygen atoms in total. The Kier molecular flexibility index (Phi) is 9.53. The minimum Gasteiger partial charge on any atom is -0.497 e. The highest BCUT2D eigenvalue weighted by Crippen LogP contribution is 2.30. The first-order valence-corrected chi connectivity index (χ1v) is 15.2. The number of nitrogens with zero attached hydrogens (tertiary/aromatic N) is 3. The highest BCUT2D eigenvalue weighted by Gasteiger charge is 2.22. The molecule has 0 saturated carbocycles. The van der Waals surface area contributed by atoms with Crippen molar-refractivity contribution in [2.75, 3.05) is 57.2 Å². The van der Waals surface area contributed by atoms with Crippen LogP contribution in [0.1, 0.15) is 31.7 Å². The van der Waals surface area contributed by atoms with Crippen LogP contribution in [-0.4, -0.2) is 76.5 Å². The third-order valence-corrected chi connectivity index (χ3v) is 9.42. The minimum absolute atomic E-state index is 0.0909. The summed E-state index contributed by atoms with van der Waals surface area (Å²) < 4.78 is 37.2. The van der Waals surface area contributed by atoms with Crippen molar-refractivity contribution in [3.05, 3.63) is 48.0 Å². The van der Waals surface area contributed by atoms with Gasteiger partial charge in [-0.1, -0.05) is 24.3 Å². The van der Waals surface area contributed by atoms with Crippen molar-refractivity contribution in [3.8, 4) is 5.75 Å². The van der Waals surface area contributed by atoms with E-state index in [4.69, 9.17) is 14.5 Å². The van der Waals surface area contributed by atoms with Crippen LogP contribution in [0.3, 0.4) is 0 Å². The van der Waals surface area contributed by atoms with Crippen molar-refractivity contribution in [3.63, 3.8) is 0 Å². The van der Waals surface area contributed by atoms with Gasteiger partial charge in [0, 0.05) is 32.6 Å². The zero-order valence-electron chi connectivity index (χ0n) is 21.5. The average Bonchev–Trinajstić information content (AvgIpc) is 3.34. The molecule has 37 heavy (non-hydrogen) atoms. The van der Waals surface area contributed by atoms with E-state index in [2.05, 4.69) is 24.0 Å². The fraction of sp³-hybridized carbons (Fsp3) is 0.481. The van der Waals surface area contributed by atoms with Gasteiger partial charge in [-0.25, -0.2) is 13.4 Å². The zero-order valence-corrected chi connectivity index (χ0v) is 23.2. The number of hydrogen-bond acceptors (Lipinski definition) is 8. The maximum Gasteiger partial charge on any atom is 0.228 e. The number of anilines is 1. The maximum absolute atomic E-state index is 13.4. The molecule has 4 rings (SSSR count). The van der Waals surface area contributed by atoms with Gasteiger partial charge in [0.25, 0.3) is 0 Å². The minimum atomic E-state index is -3.49. The van der Waals surface area contributed by atoms with Crippen LogP contribution in [0.15, 0.2) is 47.4 Å². The summed E-state index contributed by atoms with van der Waals surface area (Å²) in [7, 11) is -1.95. The Hall–Kier alpha value is -2.53. The van der Waals surface area contributed by atoms with Gasteiger partial charge >= 0.3 is 0 Å². The Labute approximate surface area is 223 Å². The number of carbonyl (C=O) groups excluding carboxylic acids is 1. The van der Waals surface area contributed by atoms with Gasteiger partial charge in [-0.05, 0) is 61.2 Å². The molecule has 0 N–H and O–H groups in total. The molecule has 0 unspecified atom stereocenters. The number of morpholine rings is 1. The fourth-order valence-corrected chi connectivity index (χ4v) is 6.73. The van der Waals surface area contributed by atoms with E-state index >= 15 is 0 Å². The van der Waals surface area contributed by atoms with E-state index in [9.17, 15) is 13.2 Å². The predicted octanol–water partition coefficient (Wildman–Crippen LogP) is 4.18. The lowest BCUT2D eigenvalue weighted by atomic mass is 10.2. The van der Waals surface area contributed by atoms with Crippen LogP contribution in [0.5, 0.6) is 5.75 Å². The third-order valence-electron chi connectivity index (χ3n) is 6.56. The Morgan fingerprint density at radius 3 is 2.59 bits per heavy atom. The summed E-state index contributed by atoms with van der Waals surface area (Å²) in [5.41, 5.74) is 2.11. The summed E-state index contributed by atoms with van der Waals surface area (Å²) in [6, 6.07) is 12.6. The first-order valence-electron chi connectivity index (χ1n) is 12.8. The Morgan fingerprint density at radius 2 is 1.89 bits per heavy atom. The molecular weight excluding hydrogens is 510 g/mol. The van der Waals surface area contributed by atoms with Gasteiger partial charge in [-0.2, -0.15) is 0 Å². The molecule has 200 valence electrons. The monoisotopic (exact) mass is 545 g/mol. The molecule has 0 atom stereocenters. The summed E-state index contributed by atoms with van der Waals surface area (Å²) in [5, 5.41) is 0.674. The van der Waals surface area contributed by atoms with Crippen molar-refractivity contribution in [1.82, 2.24) is 9.88 Å². The fourth-order valence-electron chi connectivity index (χ4n) is 4.35. The van der Waals surface area contributed by atoms with E-state index in [1.807, 2.05) is 6.07 Å². The van der Waals surface area contributed by atoms with Crippen molar-refractivity contribution >= 4 is 42.4 Å². The molecule has 3 aromatic rings. The van der Waals surface area contributed by atoms with Crippen LogP contribution >= 0.6 is 11.3 Å². The number of sulfone groups is 1. The lowest BCUT2D eigenvalue weighted by Gasteiger charge is -2.27. The van der Waals surface area contributed by atoms with Gasteiger partial charge in [0.05, 0.1) is 41.2 Å². The number of ether oxygens (including phenoxy) is 2. The third kappa shape index (κ3) is 7.28. The first-order chi connectivity index (χ1) is 17.9. The molecule has 1 aromatic heterocycles. The van der Waals surface area contributed by atoms with Crippen LogP contribution in [0.2, 0.25) is 0 Å². The number of thiazole rings is 1. The zero-order chi connectivity index (χ0) is 26.3.